The zero-order chi connectivity index (χ0) is 23.3. The third-order valence-corrected chi connectivity index (χ3v) is 4.94. The van der Waals surface area contributed by atoms with E-state index < -0.39 is 23.4 Å². The number of halogens is 4. The van der Waals surface area contributed by atoms with Gasteiger partial charge in [0, 0.05) is 40.8 Å². The SMILES string of the molecule is CC.CCC(C)CO.NCSc1cc(C(=O)Nc2cc(F)c(F)c(F)c2)ccc1Cl. The molecule has 9 heteroatoms. The van der Waals surface area contributed by atoms with Gasteiger partial charge in [-0.25, -0.2) is 13.2 Å². The van der Waals surface area contributed by atoms with Gasteiger partial charge in [0.25, 0.3) is 5.91 Å². The minimum Gasteiger partial charge on any atom is -0.396 e. The molecule has 0 aliphatic carbocycles. The topological polar surface area (TPSA) is 75.3 Å². The van der Waals surface area contributed by atoms with E-state index in [1.54, 1.807) is 0 Å². The molecular weight excluding hydrogens is 437 g/mol. The lowest BCUT2D eigenvalue weighted by molar-refractivity contribution is 0.102. The Morgan fingerprint density at radius 2 is 1.77 bits per heavy atom. The summed E-state index contributed by atoms with van der Waals surface area (Å²) >= 11 is 7.19. The zero-order valence-electron chi connectivity index (χ0n) is 17.4. The first kappa shape index (κ1) is 28.3. The molecule has 30 heavy (non-hydrogen) atoms. The summed E-state index contributed by atoms with van der Waals surface area (Å²) in [5.41, 5.74) is 5.45. The molecule has 0 fully saturated rings. The molecule has 0 aliphatic heterocycles. The molecule has 4 N–H and O–H groups in total. The van der Waals surface area contributed by atoms with Crippen LogP contribution in [0, 0.1) is 23.4 Å². The van der Waals surface area contributed by atoms with E-state index in [1.807, 2.05) is 20.8 Å². The largest absolute Gasteiger partial charge is 0.396 e. The Morgan fingerprint density at radius 1 is 1.20 bits per heavy atom. The Hall–Kier alpha value is -1.74. The number of aliphatic hydroxyl groups excluding tert-OH is 1. The number of anilines is 1. The molecule has 0 saturated heterocycles. The maximum Gasteiger partial charge on any atom is 0.255 e. The van der Waals surface area contributed by atoms with Gasteiger partial charge in [-0.2, -0.15) is 0 Å². The van der Waals surface area contributed by atoms with Gasteiger partial charge in [-0.15, -0.1) is 11.8 Å². The van der Waals surface area contributed by atoms with E-state index in [0.29, 0.717) is 34.6 Å². The molecule has 4 nitrogen and oxygen atoms in total. The Kier molecular flexibility index (Phi) is 14.2. The highest BCUT2D eigenvalue weighted by Crippen LogP contribution is 2.27. The zero-order valence-corrected chi connectivity index (χ0v) is 19.0. The van der Waals surface area contributed by atoms with Gasteiger partial charge in [0.15, 0.2) is 17.5 Å². The van der Waals surface area contributed by atoms with Crippen LogP contribution in [0.15, 0.2) is 35.2 Å². The lowest BCUT2D eigenvalue weighted by atomic mass is 10.1. The lowest BCUT2D eigenvalue weighted by Crippen LogP contribution is -2.13. The fourth-order valence-corrected chi connectivity index (χ4v) is 2.68. The van der Waals surface area contributed by atoms with E-state index in [4.69, 9.17) is 22.4 Å². The molecule has 0 bridgehead atoms. The second-order valence-electron chi connectivity index (χ2n) is 5.86. The van der Waals surface area contributed by atoms with Crippen LogP contribution in [0.5, 0.6) is 0 Å². The quantitative estimate of drug-likeness (QED) is 0.275. The number of rotatable bonds is 6. The van der Waals surface area contributed by atoms with Crippen molar-refractivity contribution < 1.29 is 23.1 Å². The molecule has 1 unspecified atom stereocenters. The van der Waals surface area contributed by atoms with E-state index in [1.165, 1.54) is 30.0 Å². The van der Waals surface area contributed by atoms with Gasteiger partial charge in [0.1, 0.15) is 0 Å². The first-order valence-corrected chi connectivity index (χ1v) is 10.8. The molecule has 2 aromatic carbocycles. The Bertz CT molecular complexity index is 783. The summed E-state index contributed by atoms with van der Waals surface area (Å²) in [4.78, 5) is 12.7. The number of aliphatic hydroxyl groups is 1. The van der Waals surface area contributed by atoms with Crippen molar-refractivity contribution in [1.82, 2.24) is 0 Å². The summed E-state index contributed by atoms with van der Waals surface area (Å²) in [5, 5.41) is 11.1. The van der Waals surface area contributed by atoms with E-state index in [9.17, 15) is 18.0 Å². The summed E-state index contributed by atoms with van der Waals surface area (Å²) in [6, 6.07) is 5.86. The summed E-state index contributed by atoms with van der Waals surface area (Å²) < 4.78 is 39.1. The van der Waals surface area contributed by atoms with Crippen LogP contribution in [-0.4, -0.2) is 23.5 Å². The van der Waals surface area contributed by atoms with E-state index in [0.717, 1.165) is 6.42 Å². The molecule has 0 heterocycles. The van der Waals surface area contributed by atoms with Gasteiger partial charge in [-0.3, -0.25) is 4.79 Å². The number of nitrogens with two attached hydrogens (primary N) is 1. The van der Waals surface area contributed by atoms with Gasteiger partial charge >= 0.3 is 0 Å². The number of thioether (sulfide) groups is 1. The maximum absolute atomic E-state index is 13.1. The fraction of sp³-hybridized carbons (Fsp3) is 0.381. The van der Waals surface area contributed by atoms with Gasteiger partial charge in [0.2, 0.25) is 0 Å². The molecular formula is C21H28ClF3N2O2S. The van der Waals surface area contributed by atoms with Crippen LogP contribution in [0.3, 0.4) is 0 Å². The molecule has 0 aliphatic rings. The van der Waals surface area contributed by atoms with Gasteiger partial charge in [-0.1, -0.05) is 45.7 Å². The molecule has 0 spiro atoms. The van der Waals surface area contributed by atoms with Crippen LogP contribution in [-0.2, 0) is 0 Å². The number of amides is 1. The molecule has 2 rings (SSSR count). The summed E-state index contributed by atoms with van der Waals surface area (Å²) in [7, 11) is 0. The third-order valence-electron chi connectivity index (χ3n) is 3.68. The normalized spacial score (nSPS) is 10.9. The minimum atomic E-state index is -1.59. The molecule has 168 valence electrons. The first-order valence-electron chi connectivity index (χ1n) is 9.42. The minimum absolute atomic E-state index is 0.190. The van der Waals surface area contributed by atoms with Crippen molar-refractivity contribution in [3.63, 3.8) is 0 Å². The highest BCUT2D eigenvalue weighted by molar-refractivity contribution is 7.99. The Labute approximate surface area is 185 Å². The van der Waals surface area contributed by atoms with Crippen molar-refractivity contribution in [3.05, 3.63) is 58.4 Å². The van der Waals surface area contributed by atoms with E-state index in [2.05, 4.69) is 12.2 Å². The van der Waals surface area contributed by atoms with Crippen LogP contribution >= 0.6 is 23.4 Å². The second kappa shape index (κ2) is 15.1. The molecule has 1 amide bonds. The second-order valence-corrected chi connectivity index (χ2v) is 7.33. The van der Waals surface area contributed by atoms with Gasteiger partial charge < -0.3 is 16.2 Å². The van der Waals surface area contributed by atoms with Crippen LogP contribution in [0.2, 0.25) is 5.02 Å². The summed E-state index contributed by atoms with van der Waals surface area (Å²) in [6.45, 7) is 8.43. The number of carbonyl (C=O) groups excluding carboxylic acids is 1. The van der Waals surface area contributed by atoms with Crippen molar-refractivity contribution in [2.75, 3.05) is 17.8 Å². The number of carbonyl (C=O) groups is 1. The van der Waals surface area contributed by atoms with Gasteiger partial charge in [-0.05, 0) is 24.1 Å². The van der Waals surface area contributed by atoms with Crippen LogP contribution < -0.4 is 11.1 Å². The van der Waals surface area contributed by atoms with Crippen molar-refractivity contribution in [2.24, 2.45) is 11.7 Å². The molecule has 0 saturated carbocycles. The molecule has 2 aromatic rings. The highest BCUT2D eigenvalue weighted by atomic mass is 35.5. The molecule has 0 aromatic heterocycles. The Morgan fingerprint density at radius 3 is 2.20 bits per heavy atom. The predicted molar refractivity (Wildman–Crippen MR) is 119 cm³/mol. The fourth-order valence-electron chi connectivity index (χ4n) is 1.81. The average molecular weight is 465 g/mol. The smallest absolute Gasteiger partial charge is 0.255 e. The van der Waals surface area contributed by atoms with Crippen LogP contribution in [0.1, 0.15) is 44.5 Å². The monoisotopic (exact) mass is 464 g/mol. The average Bonchev–Trinajstić information content (AvgIpc) is 2.74. The van der Waals surface area contributed by atoms with Crippen molar-refractivity contribution in [2.45, 2.75) is 39.0 Å². The predicted octanol–water partition coefficient (Wildman–Crippen LogP) is 6.07. The number of hydrogen-bond donors (Lipinski definition) is 3. The van der Waals surface area contributed by atoms with E-state index >= 15 is 0 Å². The summed E-state index contributed by atoms with van der Waals surface area (Å²) in [5.74, 6) is -4.20. The van der Waals surface area contributed by atoms with Crippen molar-refractivity contribution in [3.8, 4) is 0 Å². The molecule has 1 atom stereocenters. The number of hydrogen-bond acceptors (Lipinski definition) is 4. The Balaban J connectivity index is 0.000000905. The van der Waals surface area contributed by atoms with Crippen molar-refractivity contribution in [1.29, 1.82) is 0 Å². The highest BCUT2D eigenvalue weighted by Gasteiger charge is 2.14. The number of nitrogens with one attached hydrogen (secondary N) is 1. The van der Waals surface area contributed by atoms with Crippen LogP contribution in [0.4, 0.5) is 18.9 Å². The van der Waals surface area contributed by atoms with Crippen LogP contribution in [0.25, 0.3) is 0 Å². The lowest BCUT2D eigenvalue weighted by Gasteiger charge is -2.08. The van der Waals surface area contributed by atoms with E-state index in [-0.39, 0.29) is 17.1 Å². The number of benzene rings is 2. The van der Waals surface area contributed by atoms with Crippen molar-refractivity contribution >= 4 is 35.0 Å². The van der Waals surface area contributed by atoms with Gasteiger partial charge in [0.05, 0.1) is 5.02 Å². The molecule has 0 radical (unpaired) electrons. The standard InChI is InChI=1S/C14H10ClF3N2OS.C5H12O.C2H6/c15-9-2-1-7(3-12(9)22-6-19)14(21)20-8-4-10(16)13(18)11(17)5-8;1-3-5(2)4-6;1-2/h1-5H,6,19H2,(H,20,21);5-6H,3-4H2,1-2H3;1-2H3. The maximum atomic E-state index is 13.1. The third kappa shape index (κ3) is 9.38. The summed E-state index contributed by atoms with van der Waals surface area (Å²) in [6.07, 6.45) is 1.08. The first-order chi connectivity index (χ1) is 14.2.